The van der Waals surface area contributed by atoms with E-state index in [0.717, 1.165) is 27.8 Å². The molecule has 0 aromatic heterocycles. The third-order valence-corrected chi connectivity index (χ3v) is 8.42. The second-order valence-corrected chi connectivity index (χ2v) is 11.5. The molecule has 0 aliphatic heterocycles. The second-order valence-electron chi connectivity index (χ2n) is 9.61. The molecule has 0 unspecified atom stereocenters. The molecule has 0 fully saturated rings. The molecule has 0 atom stereocenters. The van der Waals surface area contributed by atoms with Gasteiger partial charge >= 0.3 is 0 Å². The third kappa shape index (κ3) is 3.63. The Balaban J connectivity index is 2.00. The van der Waals surface area contributed by atoms with E-state index < -0.39 is 9.84 Å². The fraction of sp³-hybridized carbons (Fsp3) is 0.357. The van der Waals surface area contributed by atoms with Crippen molar-refractivity contribution in [2.24, 2.45) is 0 Å². The van der Waals surface area contributed by atoms with Gasteiger partial charge in [-0.1, -0.05) is 90.1 Å². The van der Waals surface area contributed by atoms with Crippen LogP contribution in [-0.2, 0) is 16.3 Å². The Kier molecular flexibility index (Phi) is 5.59. The molecule has 0 bridgehead atoms. The van der Waals surface area contributed by atoms with Gasteiger partial charge in [-0.25, -0.2) is 8.42 Å². The molecule has 0 N–H and O–H groups in total. The van der Waals surface area contributed by atoms with Crippen molar-refractivity contribution in [1.29, 1.82) is 0 Å². The topological polar surface area (TPSA) is 34.1 Å². The number of hydrogen-bond donors (Lipinski definition) is 0. The predicted molar refractivity (Wildman–Crippen MR) is 129 cm³/mol. The molecule has 162 valence electrons. The van der Waals surface area contributed by atoms with Crippen LogP contribution in [0.15, 0.2) is 64.4 Å². The van der Waals surface area contributed by atoms with E-state index in [-0.39, 0.29) is 11.8 Å². The molecule has 0 amide bonds. The van der Waals surface area contributed by atoms with Crippen molar-refractivity contribution in [1.82, 2.24) is 0 Å². The average molecular weight is 433 g/mol. The van der Waals surface area contributed by atoms with Gasteiger partial charge in [-0.05, 0) is 69.2 Å². The molecule has 2 nitrogen and oxygen atoms in total. The van der Waals surface area contributed by atoms with Gasteiger partial charge in [0.15, 0.2) is 0 Å². The third-order valence-electron chi connectivity index (χ3n) is 6.45. The van der Waals surface area contributed by atoms with Crippen LogP contribution >= 0.6 is 0 Å². The summed E-state index contributed by atoms with van der Waals surface area (Å²) >= 11 is 0. The zero-order valence-electron chi connectivity index (χ0n) is 19.4. The van der Waals surface area contributed by atoms with Crippen molar-refractivity contribution in [3.8, 4) is 11.1 Å². The Labute approximate surface area is 187 Å². The molecule has 0 spiro atoms. The molecule has 0 heterocycles. The fourth-order valence-electron chi connectivity index (χ4n) is 4.69. The predicted octanol–water partition coefficient (Wildman–Crippen LogP) is 7.46. The number of sulfone groups is 1. The highest BCUT2D eigenvalue weighted by Crippen LogP contribution is 2.43. The SMILES string of the molecule is CC(C)c1cc(C(C)C)c(S(=O)(=O)c2cccc3c2Cc2ccccc2-3)c(C(C)C)c1. The number of benzene rings is 3. The van der Waals surface area contributed by atoms with Crippen molar-refractivity contribution >= 4 is 9.84 Å². The molecule has 1 aliphatic carbocycles. The highest BCUT2D eigenvalue weighted by molar-refractivity contribution is 7.91. The molecule has 31 heavy (non-hydrogen) atoms. The van der Waals surface area contributed by atoms with Crippen molar-refractivity contribution < 1.29 is 8.42 Å². The maximum atomic E-state index is 14.3. The summed E-state index contributed by atoms with van der Waals surface area (Å²) in [6.07, 6.45) is 0.666. The van der Waals surface area contributed by atoms with Crippen LogP contribution in [0.5, 0.6) is 0 Å². The van der Waals surface area contributed by atoms with E-state index >= 15 is 0 Å². The second kappa shape index (κ2) is 7.94. The van der Waals surface area contributed by atoms with Crippen LogP contribution in [-0.4, -0.2) is 8.42 Å². The van der Waals surface area contributed by atoms with Crippen molar-refractivity contribution in [2.45, 2.75) is 75.5 Å². The Morgan fingerprint density at radius 1 is 0.710 bits per heavy atom. The minimum absolute atomic E-state index is 0.120. The number of hydrogen-bond acceptors (Lipinski definition) is 2. The maximum absolute atomic E-state index is 14.3. The highest BCUT2D eigenvalue weighted by atomic mass is 32.2. The molecular formula is C28H32O2S. The Bertz CT molecular complexity index is 1220. The molecule has 0 radical (unpaired) electrons. The van der Waals surface area contributed by atoms with Gasteiger partial charge in [0.1, 0.15) is 0 Å². The summed E-state index contributed by atoms with van der Waals surface area (Å²) in [7, 11) is -3.68. The average Bonchev–Trinajstić information content (AvgIpc) is 3.11. The van der Waals surface area contributed by atoms with Gasteiger partial charge in [0.25, 0.3) is 0 Å². The van der Waals surface area contributed by atoms with E-state index in [1.165, 1.54) is 11.1 Å². The molecule has 1 aliphatic rings. The van der Waals surface area contributed by atoms with Gasteiger partial charge in [-0.3, -0.25) is 0 Å². The van der Waals surface area contributed by atoms with Crippen molar-refractivity contribution in [3.63, 3.8) is 0 Å². The van der Waals surface area contributed by atoms with Crippen LogP contribution < -0.4 is 0 Å². The Morgan fingerprint density at radius 2 is 1.29 bits per heavy atom. The summed E-state index contributed by atoms with van der Waals surface area (Å²) in [5.74, 6) is 0.590. The Morgan fingerprint density at radius 3 is 1.87 bits per heavy atom. The van der Waals surface area contributed by atoms with Crippen molar-refractivity contribution in [2.75, 3.05) is 0 Å². The van der Waals surface area contributed by atoms with Crippen molar-refractivity contribution in [3.05, 3.63) is 82.4 Å². The minimum Gasteiger partial charge on any atom is -0.218 e. The molecule has 0 saturated heterocycles. The lowest BCUT2D eigenvalue weighted by Crippen LogP contribution is -2.14. The van der Waals surface area contributed by atoms with E-state index in [9.17, 15) is 8.42 Å². The standard InChI is InChI=1S/C28H32O2S/c1-17(2)21-15-24(18(3)4)28(25(16-21)19(5)6)31(29,30)27-13-9-12-23-22-11-8-7-10-20(22)14-26(23)27/h7-13,15-19H,14H2,1-6H3. The molecule has 4 rings (SSSR count). The van der Waals surface area contributed by atoms with Gasteiger partial charge < -0.3 is 0 Å². The summed E-state index contributed by atoms with van der Waals surface area (Å²) in [4.78, 5) is 0.980. The smallest absolute Gasteiger partial charge is 0.207 e. The minimum atomic E-state index is -3.68. The molecular weight excluding hydrogens is 400 g/mol. The van der Waals surface area contributed by atoms with E-state index in [0.29, 0.717) is 22.1 Å². The first kappa shape index (κ1) is 21.8. The monoisotopic (exact) mass is 432 g/mol. The summed E-state index contributed by atoms with van der Waals surface area (Å²) in [6, 6.07) is 18.2. The number of fused-ring (bicyclic) bond motifs is 3. The van der Waals surface area contributed by atoms with Crippen LogP contribution in [0.3, 0.4) is 0 Å². The fourth-order valence-corrected chi connectivity index (χ4v) is 6.88. The normalized spacial score (nSPS) is 13.2. The molecule has 3 aromatic carbocycles. The summed E-state index contributed by atoms with van der Waals surface area (Å²) in [5, 5.41) is 0. The Hall–Kier alpha value is -2.39. The van der Waals surface area contributed by atoms with Crippen LogP contribution in [0.4, 0.5) is 0 Å². The number of rotatable bonds is 5. The summed E-state index contributed by atoms with van der Waals surface area (Å²) in [5.41, 5.74) is 7.40. The van der Waals surface area contributed by atoms with E-state index in [2.05, 4.69) is 71.9 Å². The lowest BCUT2D eigenvalue weighted by atomic mass is 9.89. The lowest BCUT2D eigenvalue weighted by molar-refractivity contribution is 0.589. The van der Waals surface area contributed by atoms with Gasteiger partial charge in [-0.15, -0.1) is 0 Å². The van der Waals surface area contributed by atoms with Gasteiger partial charge in [-0.2, -0.15) is 0 Å². The van der Waals surface area contributed by atoms with Gasteiger partial charge in [0.05, 0.1) is 9.79 Å². The maximum Gasteiger partial charge on any atom is 0.207 e. The van der Waals surface area contributed by atoms with Gasteiger partial charge in [0.2, 0.25) is 9.84 Å². The largest absolute Gasteiger partial charge is 0.218 e. The lowest BCUT2D eigenvalue weighted by Gasteiger charge is -2.23. The molecule has 3 aromatic rings. The summed E-state index contributed by atoms with van der Waals surface area (Å²) in [6.45, 7) is 12.7. The van der Waals surface area contributed by atoms with Gasteiger partial charge in [0, 0.05) is 0 Å². The first-order chi connectivity index (χ1) is 14.6. The molecule has 0 saturated carbocycles. The van der Waals surface area contributed by atoms with E-state index in [4.69, 9.17) is 0 Å². The zero-order valence-corrected chi connectivity index (χ0v) is 20.2. The van der Waals surface area contributed by atoms with Crippen LogP contribution in [0.25, 0.3) is 11.1 Å². The van der Waals surface area contributed by atoms with Crippen LogP contribution in [0, 0.1) is 0 Å². The van der Waals surface area contributed by atoms with Crippen LogP contribution in [0.1, 0.15) is 87.1 Å². The quantitative estimate of drug-likeness (QED) is 0.328. The van der Waals surface area contributed by atoms with E-state index in [1.54, 1.807) is 6.07 Å². The highest BCUT2D eigenvalue weighted by Gasteiger charge is 2.32. The first-order valence-electron chi connectivity index (χ1n) is 11.3. The summed E-state index contributed by atoms with van der Waals surface area (Å²) < 4.78 is 28.6. The first-order valence-corrected chi connectivity index (χ1v) is 12.7. The molecule has 3 heteroatoms. The van der Waals surface area contributed by atoms with E-state index in [1.807, 2.05) is 18.2 Å². The zero-order chi connectivity index (χ0) is 22.5. The van der Waals surface area contributed by atoms with Crippen LogP contribution in [0.2, 0.25) is 0 Å².